The number of hydrogen-bond donors (Lipinski definition) is 1. The van der Waals surface area contributed by atoms with Crippen LogP contribution in [0.2, 0.25) is 0 Å². The first kappa shape index (κ1) is 20.3. The third kappa shape index (κ3) is 3.77. The Hall–Kier alpha value is -2.93. The second kappa shape index (κ2) is 8.44. The van der Waals surface area contributed by atoms with Crippen LogP contribution in [0.4, 0.5) is 10.1 Å². The highest BCUT2D eigenvalue weighted by Gasteiger charge is 2.23. The number of nitrogens with one attached hydrogen (secondary N) is 1. The van der Waals surface area contributed by atoms with Gasteiger partial charge in [0.25, 0.3) is 5.91 Å². The minimum absolute atomic E-state index is 0.0285. The van der Waals surface area contributed by atoms with Crippen LogP contribution < -0.4 is 10.2 Å². The predicted octanol–water partition coefficient (Wildman–Crippen LogP) is 3.42. The van der Waals surface area contributed by atoms with Crippen LogP contribution in [0.3, 0.4) is 0 Å². The topological polar surface area (TPSA) is 52.9 Å². The number of nitrogens with zero attached hydrogens (tertiary/aromatic N) is 4. The van der Waals surface area contributed by atoms with Gasteiger partial charge in [0.15, 0.2) is 0 Å². The average Bonchev–Trinajstić information content (AvgIpc) is 3.22. The Morgan fingerprint density at radius 2 is 2.00 bits per heavy atom. The lowest BCUT2D eigenvalue weighted by molar-refractivity contribution is 0.0717. The molecule has 0 aliphatic carbocycles. The molecule has 158 valence electrons. The summed E-state index contributed by atoms with van der Waals surface area (Å²) in [4.78, 5) is 21.7. The second-order valence-electron chi connectivity index (χ2n) is 7.91. The normalized spacial score (nSPS) is 14.5. The monoisotopic (exact) mass is 409 g/mol. The molecule has 7 heteroatoms. The number of anilines is 1. The molecule has 0 spiro atoms. The molecule has 30 heavy (non-hydrogen) atoms. The maximum Gasteiger partial charge on any atom is 0.254 e. The lowest BCUT2D eigenvalue weighted by Gasteiger charge is -2.30. The molecule has 3 heterocycles. The van der Waals surface area contributed by atoms with Gasteiger partial charge in [-0.1, -0.05) is 6.07 Å². The van der Waals surface area contributed by atoms with Crippen LogP contribution >= 0.6 is 0 Å². The largest absolute Gasteiger partial charge is 0.368 e. The summed E-state index contributed by atoms with van der Waals surface area (Å²) in [6.07, 6.45) is 5.62. The molecule has 0 atom stereocenters. The van der Waals surface area contributed by atoms with Crippen LogP contribution in [0.1, 0.15) is 31.1 Å². The molecule has 0 saturated carbocycles. The van der Waals surface area contributed by atoms with E-state index >= 15 is 0 Å². The maximum absolute atomic E-state index is 14.2. The predicted molar refractivity (Wildman–Crippen MR) is 118 cm³/mol. The lowest BCUT2D eigenvalue weighted by atomic mass is 9.97. The van der Waals surface area contributed by atoms with Gasteiger partial charge in [0.2, 0.25) is 0 Å². The molecule has 1 amide bonds. The number of rotatable bonds is 5. The highest BCUT2D eigenvalue weighted by molar-refractivity contribution is 6.03. The van der Waals surface area contributed by atoms with E-state index < -0.39 is 5.82 Å². The Bertz CT molecular complexity index is 1050. The van der Waals surface area contributed by atoms with Gasteiger partial charge >= 0.3 is 0 Å². The summed E-state index contributed by atoms with van der Waals surface area (Å²) in [6, 6.07) is 6.61. The van der Waals surface area contributed by atoms with Gasteiger partial charge in [-0.15, -0.1) is 0 Å². The molecular weight excluding hydrogens is 381 g/mol. The zero-order chi connectivity index (χ0) is 21.3. The average molecular weight is 410 g/mol. The van der Waals surface area contributed by atoms with E-state index in [0.717, 1.165) is 48.5 Å². The van der Waals surface area contributed by atoms with E-state index in [1.54, 1.807) is 23.5 Å². The minimum atomic E-state index is -0.412. The quantitative estimate of drug-likeness (QED) is 0.702. The SMILES string of the molecule is CCN(C(=O)c1cc(F)ccc1-c1cc(N2CCNCC2)cn2cncc12)C(C)C. The smallest absolute Gasteiger partial charge is 0.254 e. The number of hydrogen-bond acceptors (Lipinski definition) is 4. The number of halogens is 1. The summed E-state index contributed by atoms with van der Waals surface area (Å²) in [5.74, 6) is -0.572. The van der Waals surface area contributed by atoms with Gasteiger partial charge in [-0.05, 0) is 44.5 Å². The van der Waals surface area contributed by atoms with Crippen LogP contribution in [0.15, 0.2) is 43.0 Å². The van der Waals surface area contributed by atoms with Crippen molar-refractivity contribution < 1.29 is 9.18 Å². The first-order valence-corrected chi connectivity index (χ1v) is 10.5. The number of aromatic nitrogens is 2. The van der Waals surface area contributed by atoms with Crippen molar-refractivity contribution in [1.29, 1.82) is 0 Å². The van der Waals surface area contributed by atoms with Gasteiger partial charge < -0.3 is 19.5 Å². The number of piperazine rings is 1. The highest BCUT2D eigenvalue weighted by Crippen LogP contribution is 2.33. The number of imidazole rings is 1. The third-order valence-corrected chi connectivity index (χ3v) is 5.71. The Morgan fingerprint density at radius 1 is 1.23 bits per heavy atom. The first-order valence-electron chi connectivity index (χ1n) is 10.5. The van der Waals surface area contributed by atoms with Gasteiger partial charge in [-0.25, -0.2) is 9.37 Å². The van der Waals surface area contributed by atoms with Crippen molar-refractivity contribution in [2.75, 3.05) is 37.6 Å². The van der Waals surface area contributed by atoms with Crippen molar-refractivity contribution in [1.82, 2.24) is 19.6 Å². The number of fused-ring (bicyclic) bond motifs is 1. The molecule has 4 rings (SSSR count). The van der Waals surface area contributed by atoms with E-state index in [4.69, 9.17) is 0 Å². The van der Waals surface area contributed by atoms with Crippen molar-refractivity contribution in [2.45, 2.75) is 26.8 Å². The van der Waals surface area contributed by atoms with E-state index in [0.29, 0.717) is 12.1 Å². The zero-order valence-electron chi connectivity index (χ0n) is 17.7. The van der Waals surface area contributed by atoms with Gasteiger partial charge in [0, 0.05) is 50.5 Å². The van der Waals surface area contributed by atoms with E-state index in [1.165, 1.54) is 12.1 Å². The molecule has 6 nitrogen and oxygen atoms in total. The Kier molecular flexibility index (Phi) is 5.72. The first-order chi connectivity index (χ1) is 14.5. The van der Waals surface area contributed by atoms with Crippen molar-refractivity contribution in [3.05, 3.63) is 54.4 Å². The van der Waals surface area contributed by atoms with Crippen LogP contribution in [-0.2, 0) is 0 Å². The van der Waals surface area contributed by atoms with Crippen LogP contribution in [0.25, 0.3) is 16.6 Å². The fraction of sp³-hybridized carbons (Fsp3) is 0.391. The van der Waals surface area contributed by atoms with Gasteiger partial charge in [-0.2, -0.15) is 0 Å². The van der Waals surface area contributed by atoms with E-state index in [9.17, 15) is 9.18 Å². The van der Waals surface area contributed by atoms with Gasteiger partial charge in [0.05, 0.1) is 29.3 Å². The molecule has 1 aliphatic heterocycles. The summed E-state index contributed by atoms with van der Waals surface area (Å²) in [5, 5.41) is 3.37. The van der Waals surface area contributed by atoms with Crippen LogP contribution in [0.5, 0.6) is 0 Å². The summed E-state index contributed by atoms with van der Waals surface area (Å²) in [6.45, 7) is 10.1. The van der Waals surface area contributed by atoms with Crippen molar-refractivity contribution >= 4 is 17.1 Å². The lowest BCUT2D eigenvalue weighted by Crippen LogP contribution is -2.43. The molecule has 2 aromatic heterocycles. The minimum Gasteiger partial charge on any atom is -0.368 e. The summed E-state index contributed by atoms with van der Waals surface area (Å²) >= 11 is 0. The molecule has 0 unspecified atom stereocenters. The number of benzene rings is 1. The van der Waals surface area contributed by atoms with Crippen LogP contribution in [0, 0.1) is 5.82 Å². The molecule has 1 N–H and O–H groups in total. The van der Waals surface area contributed by atoms with Crippen molar-refractivity contribution in [3.63, 3.8) is 0 Å². The fourth-order valence-corrected chi connectivity index (χ4v) is 4.16. The van der Waals surface area contributed by atoms with Gasteiger partial charge in [-0.3, -0.25) is 4.79 Å². The van der Waals surface area contributed by atoms with E-state index in [1.807, 2.05) is 25.2 Å². The fourth-order valence-electron chi connectivity index (χ4n) is 4.16. The second-order valence-corrected chi connectivity index (χ2v) is 7.91. The number of amides is 1. The maximum atomic E-state index is 14.2. The van der Waals surface area contributed by atoms with Crippen molar-refractivity contribution in [2.24, 2.45) is 0 Å². The van der Waals surface area contributed by atoms with E-state index in [2.05, 4.69) is 27.5 Å². The molecule has 3 aromatic rings. The molecule has 0 radical (unpaired) electrons. The Labute approximate surface area is 176 Å². The highest BCUT2D eigenvalue weighted by atomic mass is 19.1. The summed E-state index contributed by atoms with van der Waals surface area (Å²) < 4.78 is 16.2. The van der Waals surface area contributed by atoms with E-state index in [-0.39, 0.29) is 11.9 Å². The van der Waals surface area contributed by atoms with Crippen LogP contribution in [-0.4, -0.2) is 59.0 Å². The summed E-state index contributed by atoms with van der Waals surface area (Å²) in [5.41, 5.74) is 3.94. The molecule has 0 bridgehead atoms. The Morgan fingerprint density at radius 3 is 2.70 bits per heavy atom. The number of carbonyl (C=O) groups excluding carboxylic acids is 1. The Balaban J connectivity index is 1.88. The van der Waals surface area contributed by atoms with Crippen molar-refractivity contribution in [3.8, 4) is 11.1 Å². The molecule has 1 saturated heterocycles. The molecule has 1 fully saturated rings. The molecular formula is C23H28FN5O. The zero-order valence-corrected chi connectivity index (χ0v) is 17.7. The molecule has 1 aromatic carbocycles. The number of pyridine rings is 1. The number of carbonyl (C=O) groups is 1. The third-order valence-electron chi connectivity index (χ3n) is 5.71. The van der Waals surface area contributed by atoms with Gasteiger partial charge in [0.1, 0.15) is 5.82 Å². The standard InChI is InChI=1S/C23H28FN5O/c1-4-29(16(2)3)23(30)21-11-17(24)5-6-19(21)20-12-18(27-9-7-25-8-10-27)14-28-15-26-13-22(20)28/h5-6,11-16,25H,4,7-10H2,1-3H3. The summed E-state index contributed by atoms with van der Waals surface area (Å²) in [7, 11) is 0. The molecule has 1 aliphatic rings.